The smallest absolute Gasteiger partial charge is 0.325 e. The van der Waals surface area contributed by atoms with E-state index in [1.165, 1.54) is 6.92 Å². The molecule has 15 N–H and O–H groups in total. The zero-order chi connectivity index (χ0) is 35.1. The molecular formula is C25H47N9O10S. The Bertz CT molecular complexity index is 1020. The lowest BCUT2D eigenvalue weighted by molar-refractivity contribution is -0.142. The SMILES string of the molecule is CC(=O)O.C[C@H](NC(=O)[C@H](CCCCN)NC(=O)[C@H](CCC(=O)O)NC(=O)[C@H](CCCN=C(N)N)NC(=O)[C@@H](N)CS)C(=O)O. The average Bonchev–Trinajstić information content (AvgIpc) is 2.94. The number of carbonyl (C=O) groups is 7. The second-order valence-electron chi connectivity index (χ2n) is 9.73. The highest BCUT2D eigenvalue weighted by Gasteiger charge is 2.31. The molecule has 0 rings (SSSR count). The van der Waals surface area contributed by atoms with E-state index in [4.69, 9.17) is 43.0 Å². The van der Waals surface area contributed by atoms with Crippen LogP contribution in [0.15, 0.2) is 4.99 Å². The van der Waals surface area contributed by atoms with E-state index in [2.05, 4.69) is 38.9 Å². The number of carbonyl (C=O) groups excluding carboxylic acids is 4. The molecule has 0 aromatic heterocycles. The fourth-order valence-electron chi connectivity index (χ4n) is 3.35. The first kappa shape index (κ1) is 43.0. The van der Waals surface area contributed by atoms with E-state index in [1.807, 2.05) is 0 Å². The molecule has 0 radical (unpaired) electrons. The number of aliphatic imine (C=N–C) groups is 1. The normalized spacial score (nSPS) is 13.6. The van der Waals surface area contributed by atoms with Crippen LogP contribution in [0.25, 0.3) is 0 Å². The number of hydrogen-bond acceptors (Lipinski definition) is 11. The first-order chi connectivity index (χ1) is 21.0. The van der Waals surface area contributed by atoms with Crippen LogP contribution in [-0.2, 0) is 33.6 Å². The lowest BCUT2D eigenvalue weighted by atomic mass is 10.0. The largest absolute Gasteiger partial charge is 0.481 e. The summed E-state index contributed by atoms with van der Waals surface area (Å²) in [6.07, 6.45) is 0.471. The molecule has 0 saturated heterocycles. The van der Waals surface area contributed by atoms with Crippen LogP contribution in [0.5, 0.6) is 0 Å². The van der Waals surface area contributed by atoms with Crippen LogP contribution < -0.4 is 44.2 Å². The highest BCUT2D eigenvalue weighted by molar-refractivity contribution is 7.80. The number of unbranched alkanes of at least 4 members (excludes halogenated alkanes) is 1. The zero-order valence-corrected chi connectivity index (χ0v) is 26.3. The molecule has 19 nitrogen and oxygen atoms in total. The molecule has 5 atom stereocenters. The van der Waals surface area contributed by atoms with Gasteiger partial charge < -0.3 is 59.5 Å². The van der Waals surface area contributed by atoms with Crippen LogP contribution in [0.1, 0.15) is 58.8 Å². The van der Waals surface area contributed by atoms with Crippen LogP contribution in [0.2, 0.25) is 0 Å². The summed E-state index contributed by atoms with van der Waals surface area (Å²) < 4.78 is 0. The number of nitrogens with two attached hydrogens (primary N) is 4. The van der Waals surface area contributed by atoms with Crippen molar-refractivity contribution in [3.8, 4) is 0 Å². The fraction of sp³-hybridized carbons (Fsp3) is 0.680. The summed E-state index contributed by atoms with van der Waals surface area (Å²) in [6, 6.07) is -6.08. The van der Waals surface area contributed by atoms with Gasteiger partial charge in [-0.3, -0.25) is 38.6 Å². The van der Waals surface area contributed by atoms with Crippen molar-refractivity contribution in [2.75, 3.05) is 18.8 Å². The summed E-state index contributed by atoms with van der Waals surface area (Å²) in [5, 5.41) is 35.3. The Labute approximate surface area is 266 Å². The number of carboxylic acid groups (broad SMARTS) is 3. The standard InChI is InChI=1S/C23H43N9O8S.C2H4O2/c1-12(22(39)40)29-19(36)14(5-2-3-9-24)31-21(38)16(7-8-17(33)34)32-20(37)15(6-4-10-28-23(26)27)30-18(35)13(25)11-41;1-2(3)4/h12-16,41H,2-11,24-25H2,1H3,(H,29,36)(H,30,35)(H,31,38)(H,32,37)(H,33,34)(H,39,40)(H4,26,27,28);1H3,(H,3,4)/t12-,13-,14-,15-,16-;/m0./s1. The van der Waals surface area contributed by atoms with E-state index in [9.17, 15) is 28.8 Å². The molecule has 0 bridgehead atoms. The predicted octanol–water partition coefficient (Wildman–Crippen LogP) is -3.57. The van der Waals surface area contributed by atoms with Crippen molar-refractivity contribution >= 4 is 60.1 Å². The third-order valence-electron chi connectivity index (χ3n) is 5.70. The van der Waals surface area contributed by atoms with Crippen molar-refractivity contribution in [3.63, 3.8) is 0 Å². The van der Waals surface area contributed by atoms with Crippen molar-refractivity contribution in [1.29, 1.82) is 0 Å². The third-order valence-corrected chi connectivity index (χ3v) is 6.09. The van der Waals surface area contributed by atoms with Crippen LogP contribution in [0, 0.1) is 0 Å². The van der Waals surface area contributed by atoms with E-state index < -0.39 is 78.2 Å². The number of rotatable bonds is 21. The van der Waals surface area contributed by atoms with Gasteiger partial charge in [-0.1, -0.05) is 0 Å². The lowest BCUT2D eigenvalue weighted by Gasteiger charge is -2.26. The summed E-state index contributed by atoms with van der Waals surface area (Å²) in [7, 11) is 0. The minimum absolute atomic E-state index is 0.00802. The second-order valence-corrected chi connectivity index (χ2v) is 10.1. The number of amides is 4. The van der Waals surface area contributed by atoms with Crippen LogP contribution in [-0.4, -0.2) is 112 Å². The van der Waals surface area contributed by atoms with Gasteiger partial charge in [-0.15, -0.1) is 0 Å². The van der Waals surface area contributed by atoms with E-state index in [0.717, 1.165) is 6.92 Å². The topological polar surface area (TPSA) is 345 Å². The van der Waals surface area contributed by atoms with E-state index >= 15 is 0 Å². The van der Waals surface area contributed by atoms with Crippen LogP contribution in [0.3, 0.4) is 0 Å². The fourth-order valence-corrected chi connectivity index (χ4v) is 3.52. The summed E-state index contributed by atoms with van der Waals surface area (Å²) in [5.74, 6) is -6.70. The maximum Gasteiger partial charge on any atom is 0.325 e. The summed E-state index contributed by atoms with van der Waals surface area (Å²) >= 11 is 3.96. The third kappa shape index (κ3) is 22.1. The number of carboxylic acids is 3. The van der Waals surface area contributed by atoms with Gasteiger partial charge in [-0.05, 0) is 52.0 Å². The minimum atomic E-state index is -1.42. The highest BCUT2D eigenvalue weighted by atomic mass is 32.1. The maximum atomic E-state index is 13.2. The predicted molar refractivity (Wildman–Crippen MR) is 166 cm³/mol. The lowest BCUT2D eigenvalue weighted by Crippen LogP contribution is -2.58. The molecule has 0 aliphatic carbocycles. The summed E-state index contributed by atoms with van der Waals surface area (Å²) in [6.45, 7) is 2.78. The quantitative estimate of drug-likeness (QED) is 0.0244. The Morgan fingerprint density at radius 2 is 1.20 bits per heavy atom. The Hall–Kier alpha value is -4.17. The number of aliphatic carboxylic acids is 3. The number of guanidine groups is 1. The molecule has 0 spiro atoms. The molecule has 0 aromatic carbocycles. The minimum Gasteiger partial charge on any atom is -0.481 e. The molecule has 0 aliphatic heterocycles. The molecule has 4 amide bonds. The average molecular weight is 666 g/mol. The first-order valence-corrected chi connectivity index (χ1v) is 14.6. The van der Waals surface area contributed by atoms with Gasteiger partial charge in [0.05, 0.1) is 6.04 Å². The maximum absolute atomic E-state index is 13.2. The molecule has 0 heterocycles. The van der Waals surface area contributed by atoms with Crippen LogP contribution in [0.4, 0.5) is 0 Å². The monoisotopic (exact) mass is 665 g/mol. The Kier molecular flexibility index (Phi) is 23.1. The molecule has 0 fully saturated rings. The van der Waals surface area contributed by atoms with Crippen molar-refractivity contribution in [2.24, 2.45) is 27.9 Å². The van der Waals surface area contributed by atoms with Crippen LogP contribution >= 0.6 is 12.6 Å². The van der Waals surface area contributed by atoms with Crippen molar-refractivity contribution < 1.29 is 48.9 Å². The number of thiol groups is 1. The van der Waals surface area contributed by atoms with Crippen molar-refractivity contribution in [1.82, 2.24) is 21.3 Å². The molecule has 0 aliphatic rings. The van der Waals surface area contributed by atoms with Gasteiger partial charge in [0.25, 0.3) is 5.97 Å². The molecule has 0 aromatic rings. The van der Waals surface area contributed by atoms with Crippen molar-refractivity contribution in [2.45, 2.75) is 89.0 Å². The molecule has 45 heavy (non-hydrogen) atoms. The van der Waals surface area contributed by atoms with Gasteiger partial charge in [0, 0.05) is 25.6 Å². The molecule has 0 unspecified atom stereocenters. The van der Waals surface area contributed by atoms with E-state index in [1.54, 1.807) is 0 Å². The van der Waals surface area contributed by atoms with Gasteiger partial charge in [0.2, 0.25) is 23.6 Å². The van der Waals surface area contributed by atoms with Gasteiger partial charge in [-0.2, -0.15) is 12.6 Å². The number of nitrogens with zero attached hydrogens (tertiary/aromatic N) is 1. The molecule has 20 heteroatoms. The first-order valence-electron chi connectivity index (χ1n) is 13.9. The van der Waals surface area contributed by atoms with Gasteiger partial charge in [0.15, 0.2) is 5.96 Å². The van der Waals surface area contributed by atoms with E-state index in [-0.39, 0.29) is 43.9 Å². The Morgan fingerprint density at radius 1 is 0.756 bits per heavy atom. The van der Waals surface area contributed by atoms with Gasteiger partial charge >= 0.3 is 11.9 Å². The summed E-state index contributed by atoms with van der Waals surface area (Å²) in [4.78, 5) is 86.7. The number of hydrogen-bond donors (Lipinski definition) is 12. The summed E-state index contributed by atoms with van der Waals surface area (Å²) in [5.41, 5.74) is 21.8. The van der Waals surface area contributed by atoms with Crippen molar-refractivity contribution in [3.05, 3.63) is 0 Å². The molecule has 258 valence electrons. The van der Waals surface area contributed by atoms with Gasteiger partial charge in [-0.25, -0.2) is 0 Å². The number of nitrogens with one attached hydrogen (secondary N) is 4. The Balaban J connectivity index is 0. The molecule has 0 saturated carbocycles. The second kappa shape index (κ2) is 24.2. The molecular weight excluding hydrogens is 618 g/mol. The van der Waals surface area contributed by atoms with E-state index in [0.29, 0.717) is 19.4 Å². The highest BCUT2D eigenvalue weighted by Crippen LogP contribution is 2.07. The van der Waals surface area contributed by atoms with Gasteiger partial charge in [0.1, 0.15) is 24.2 Å². The Morgan fingerprint density at radius 3 is 1.62 bits per heavy atom. The zero-order valence-electron chi connectivity index (χ0n) is 25.4.